The molecule has 0 aliphatic carbocycles. The Morgan fingerprint density at radius 3 is 1.34 bits per heavy atom. The number of ether oxygens (including phenoxy) is 7. The van der Waals surface area contributed by atoms with Crippen LogP contribution in [0.15, 0.2) is 152 Å². The molecule has 0 amide bonds. The molecule has 5 aromatic rings. The van der Waals surface area contributed by atoms with Gasteiger partial charge in [0.05, 0.1) is 52.4 Å². The second-order valence-corrected chi connectivity index (χ2v) is 14.8. The van der Waals surface area contributed by atoms with Crippen LogP contribution >= 0.6 is 0 Å². The molecule has 1 fully saturated rings. The van der Waals surface area contributed by atoms with Gasteiger partial charge in [-0.1, -0.05) is 179 Å². The van der Waals surface area contributed by atoms with Crippen LogP contribution in [0.2, 0.25) is 0 Å². The highest BCUT2D eigenvalue weighted by molar-refractivity contribution is 5.17. The van der Waals surface area contributed by atoms with Gasteiger partial charge in [0.15, 0.2) is 6.29 Å². The van der Waals surface area contributed by atoms with E-state index in [0.717, 1.165) is 34.2 Å². The van der Waals surface area contributed by atoms with Crippen LogP contribution in [0.3, 0.4) is 0 Å². The van der Waals surface area contributed by atoms with Crippen molar-refractivity contribution in [2.45, 2.75) is 97.0 Å². The van der Waals surface area contributed by atoms with Crippen LogP contribution in [0.5, 0.6) is 0 Å². The molecule has 0 radical (unpaired) electrons. The van der Waals surface area contributed by atoms with Crippen molar-refractivity contribution in [1.29, 1.82) is 0 Å². The highest BCUT2D eigenvalue weighted by Crippen LogP contribution is 2.33. The monoisotopic (exact) mass is 758 g/mol. The van der Waals surface area contributed by atoms with Gasteiger partial charge < -0.3 is 33.2 Å². The van der Waals surface area contributed by atoms with Crippen LogP contribution in [-0.2, 0) is 66.2 Å². The van der Waals surface area contributed by atoms with Gasteiger partial charge in [-0.25, -0.2) is 0 Å². The van der Waals surface area contributed by atoms with Gasteiger partial charge in [0.25, 0.3) is 0 Å². The average Bonchev–Trinajstić information content (AvgIpc) is 3.25. The topological polar surface area (TPSA) is 64.6 Å². The molecule has 7 heteroatoms. The van der Waals surface area contributed by atoms with E-state index in [4.69, 9.17) is 33.2 Å². The molecule has 0 N–H and O–H groups in total. The van der Waals surface area contributed by atoms with Crippen molar-refractivity contribution in [2.75, 3.05) is 13.2 Å². The van der Waals surface area contributed by atoms with Crippen molar-refractivity contribution in [3.8, 4) is 0 Å². The summed E-state index contributed by atoms with van der Waals surface area (Å²) in [5.74, 6) is 0.391. The molecule has 8 atom stereocenters. The van der Waals surface area contributed by atoms with Crippen LogP contribution < -0.4 is 0 Å². The normalized spacial score (nSPS) is 21.3. The van der Waals surface area contributed by atoms with E-state index >= 15 is 0 Å². The molecule has 0 saturated carbocycles. The summed E-state index contributed by atoms with van der Waals surface area (Å²) in [5.41, 5.74) is 5.38. The quantitative estimate of drug-likeness (QED) is 0.0697. The largest absolute Gasteiger partial charge is 0.374 e. The van der Waals surface area contributed by atoms with Crippen LogP contribution in [-0.4, -0.2) is 50.0 Å². The number of rotatable bonds is 22. The fraction of sp³-hybridized carbons (Fsp3) is 0.388. The van der Waals surface area contributed by atoms with Crippen molar-refractivity contribution in [3.63, 3.8) is 0 Å². The Bertz CT molecular complexity index is 1760. The Hall–Kier alpha value is -4.18. The van der Waals surface area contributed by atoms with E-state index in [1.54, 1.807) is 0 Å². The molecule has 7 nitrogen and oxygen atoms in total. The van der Waals surface area contributed by atoms with Gasteiger partial charge in [-0.15, -0.1) is 0 Å². The molecule has 0 bridgehead atoms. The third kappa shape index (κ3) is 12.7. The Morgan fingerprint density at radius 2 is 0.875 bits per heavy atom. The maximum atomic E-state index is 6.94. The maximum absolute atomic E-state index is 6.94. The Balaban J connectivity index is 1.28. The fourth-order valence-electron chi connectivity index (χ4n) is 7.11. The lowest BCUT2D eigenvalue weighted by Crippen LogP contribution is -2.62. The minimum absolute atomic E-state index is 0.0235. The summed E-state index contributed by atoms with van der Waals surface area (Å²) >= 11 is 0. The predicted octanol–water partition coefficient (Wildman–Crippen LogP) is 9.97. The zero-order valence-electron chi connectivity index (χ0n) is 33.1. The lowest BCUT2D eigenvalue weighted by atomic mass is 9.91. The Labute approximate surface area is 333 Å². The molecule has 0 spiro atoms. The van der Waals surface area contributed by atoms with E-state index in [-0.39, 0.29) is 18.6 Å². The summed E-state index contributed by atoms with van der Waals surface area (Å²) in [6, 6.07) is 51.0. The van der Waals surface area contributed by atoms with Crippen LogP contribution in [0.1, 0.15) is 55.0 Å². The molecule has 1 aliphatic rings. The van der Waals surface area contributed by atoms with E-state index in [1.165, 1.54) is 0 Å². The van der Waals surface area contributed by atoms with Crippen LogP contribution in [0.4, 0.5) is 0 Å². The summed E-state index contributed by atoms with van der Waals surface area (Å²) in [5, 5.41) is 0. The van der Waals surface area contributed by atoms with Gasteiger partial charge in [-0.05, 0) is 33.7 Å². The number of benzene rings is 5. The van der Waals surface area contributed by atoms with E-state index < -0.39 is 30.7 Å². The second-order valence-electron chi connectivity index (χ2n) is 14.8. The minimum Gasteiger partial charge on any atom is -0.374 e. The molecular formula is C49H58O7. The first kappa shape index (κ1) is 41.5. The number of hydrogen-bond acceptors (Lipinski definition) is 7. The van der Waals surface area contributed by atoms with Gasteiger partial charge >= 0.3 is 0 Å². The fourth-order valence-corrected chi connectivity index (χ4v) is 7.11. The second kappa shape index (κ2) is 22.5. The first-order valence-corrected chi connectivity index (χ1v) is 20.1. The summed E-state index contributed by atoms with van der Waals surface area (Å²) in [6.45, 7) is 9.40. The van der Waals surface area contributed by atoms with Crippen molar-refractivity contribution in [2.24, 2.45) is 11.8 Å². The average molecular weight is 759 g/mol. The van der Waals surface area contributed by atoms with E-state index in [9.17, 15) is 0 Å². The zero-order chi connectivity index (χ0) is 38.8. The van der Waals surface area contributed by atoms with Gasteiger partial charge in [0, 0.05) is 5.92 Å². The predicted molar refractivity (Wildman–Crippen MR) is 219 cm³/mol. The SMILES string of the molecule is CC[C@@H](C)[C@@H](OCc1ccccc1)[C@@H](C)CO[C@H]1OC(COCc2ccccc2)[C@H](OCc2ccccc2)[C@H](OCc2ccccc2)C1OCc1ccccc1. The van der Waals surface area contributed by atoms with Crippen LogP contribution in [0, 0.1) is 11.8 Å². The summed E-state index contributed by atoms with van der Waals surface area (Å²) in [7, 11) is 0. The molecule has 0 aromatic heterocycles. The maximum Gasteiger partial charge on any atom is 0.186 e. The number of hydrogen-bond donors (Lipinski definition) is 0. The molecule has 1 saturated heterocycles. The van der Waals surface area contributed by atoms with Crippen molar-refractivity contribution < 1.29 is 33.2 Å². The molecule has 56 heavy (non-hydrogen) atoms. The molecule has 1 heterocycles. The smallest absolute Gasteiger partial charge is 0.186 e. The first-order chi connectivity index (χ1) is 27.6. The summed E-state index contributed by atoms with van der Waals surface area (Å²) in [4.78, 5) is 0. The van der Waals surface area contributed by atoms with Crippen molar-refractivity contribution in [3.05, 3.63) is 179 Å². The van der Waals surface area contributed by atoms with Crippen LogP contribution in [0.25, 0.3) is 0 Å². The van der Waals surface area contributed by atoms with Crippen molar-refractivity contribution in [1.82, 2.24) is 0 Å². The minimum atomic E-state index is -0.768. The van der Waals surface area contributed by atoms with Gasteiger partial charge in [-0.2, -0.15) is 0 Å². The van der Waals surface area contributed by atoms with Gasteiger partial charge in [0.2, 0.25) is 0 Å². The first-order valence-electron chi connectivity index (χ1n) is 20.1. The lowest BCUT2D eigenvalue weighted by molar-refractivity contribution is -0.331. The molecule has 2 unspecified atom stereocenters. The standard InChI is InChI=1S/C49H58O7/c1-4-37(2)45(51-32-40-22-12-6-13-23-40)38(3)30-55-49-48(54-35-43-28-18-9-19-29-43)47(53-34-42-26-16-8-17-27-42)46(52-33-41-24-14-7-15-25-41)44(56-49)36-50-31-39-20-10-5-11-21-39/h5-29,37-38,44-49H,4,30-36H2,1-3H3/t37-,38+,44?,45-,46+,47+,48?,49+/m1/s1. The van der Waals surface area contributed by atoms with E-state index in [1.807, 2.05) is 91.0 Å². The van der Waals surface area contributed by atoms with E-state index in [0.29, 0.717) is 45.6 Å². The highest BCUT2D eigenvalue weighted by atomic mass is 16.7. The lowest BCUT2D eigenvalue weighted by Gasteiger charge is -2.46. The molecular weight excluding hydrogens is 701 g/mol. The Kier molecular flexibility index (Phi) is 16.7. The summed E-state index contributed by atoms with van der Waals surface area (Å²) in [6.07, 6.45) is -2.02. The molecule has 296 valence electrons. The van der Waals surface area contributed by atoms with E-state index in [2.05, 4.69) is 81.4 Å². The zero-order valence-corrected chi connectivity index (χ0v) is 33.1. The third-order valence-corrected chi connectivity index (χ3v) is 10.4. The Morgan fingerprint density at radius 1 is 0.464 bits per heavy atom. The third-order valence-electron chi connectivity index (χ3n) is 10.4. The highest BCUT2D eigenvalue weighted by Gasteiger charge is 2.49. The van der Waals surface area contributed by atoms with Crippen molar-refractivity contribution >= 4 is 0 Å². The van der Waals surface area contributed by atoms with Gasteiger partial charge in [0.1, 0.15) is 24.4 Å². The summed E-state index contributed by atoms with van der Waals surface area (Å²) < 4.78 is 47.3. The molecule has 6 rings (SSSR count). The molecule has 1 aliphatic heterocycles. The van der Waals surface area contributed by atoms with Gasteiger partial charge in [-0.3, -0.25) is 0 Å². The molecule has 5 aromatic carbocycles.